The predicted molar refractivity (Wildman–Crippen MR) is 82.1 cm³/mol. The van der Waals surface area contributed by atoms with Crippen LogP contribution in [0.5, 0.6) is 0 Å². The molecule has 0 amide bonds. The first-order valence-electron chi connectivity index (χ1n) is 7.10. The molecule has 0 aliphatic carbocycles. The fourth-order valence-electron chi connectivity index (χ4n) is 2.18. The summed E-state index contributed by atoms with van der Waals surface area (Å²) in [5, 5.41) is 0. The largest absolute Gasteiger partial charge is 0.377 e. The molecule has 0 fully saturated rings. The fraction of sp³-hybridized carbons (Fsp3) is 0.235. The van der Waals surface area contributed by atoms with Crippen molar-refractivity contribution >= 4 is 17.8 Å². The summed E-state index contributed by atoms with van der Waals surface area (Å²) in [7, 11) is 1.25. The maximum atomic E-state index is 8.49. The summed E-state index contributed by atoms with van der Waals surface area (Å²) in [5.41, 5.74) is 4.98. The van der Waals surface area contributed by atoms with Gasteiger partial charge in [-0.25, -0.2) is 23.2 Å². The summed E-state index contributed by atoms with van der Waals surface area (Å²) in [4.78, 5) is 2.14. The molecule has 0 saturated heterocycles. The summed E-state index contributed by atoms with van der Waals surface area (Å²) in [6.07, 6.45) is 6.35. The van der Waals surface area contributed by atoms with Crippen LogP contribution in [-0.4, -0.2) is 14.1 Å². The van der Waals surface area contributed by atoms with Crippen LogP contribution >= 0.6 is 0 Å². The molecule has 1 aromatic carbocycles. The molecule has 1 heterocycles. The van der Waals surface area contributed by atoms with Crippen molar-refractivity contribution in [1.29, 1.82) is 0 Å². The number of halogens is 1. The molecule has 7 heteroatoms. The summed E-state index contributed by atoms with van der Waals surface area (Å²) >= 11 is 0. The van der Waals surface area contributed by atoms with Crippen LogP contribution in [0.15, 0.2) is 42.6 Å². The molecule has 0 spiro atoms. The van der Waals surface area contributed by atoms with Gasteiger partial charge in [0.05, 0.1) is 0 Å². The Morgan fingerprint density at radius 1 is 1.00 bits per heavy atom. The first kappa shape index (κ1) is 20.1. The predicted octanol–water partition coefficient (Wildman–Crippen LogP) is -1.70. The van der Waals surface area contributed by atoms with Crippen molar-refractivity contribution < 1.29 is 33.4 Å². The molecule has 0 bridgehead atoms. The Morgan fingerprint density at radius 3 is 2.12 bits per heavy atom. The standard InChI is InChI=1S/C17H21N2.ClHO4/c1-14-13-15(9-11-17(14)18(2)3)8-10-16-7-5-6-12-19(16)4;2-1(3,4)5/h5-13H,1-4H3;(H,2,3,4,5)/q+1;/p-1. The van der Waals surface area contributed by atoms with Crippen LogP contribution in [0.3, 0.4) is 0 Å². The minimum atomic E-state index is -4.94. The van der Waals surface area contributed by atoms with Crippen molar-refractivity contribution in [2.75, 3.05) is 19.0 Å². The van der Waals surface area contributed by atoms with Crippen LogP contribution < -0.4 is 28.1 Å². The first-order valence-corrected chi connectivity index (χ1v) is 8.34. The molecule has 0 N–H and O–H groups in total. The Morgan fingerprint density at radius 2 is 1.62 bits per heavy atom. The van der Waals surface area contributed by atoms with Gasteiger partial charge in [-0.2, -0.15) is 0 Å². The average molecular weight is 353 g/mol. The second kappa shape index (κ2) is 8.77. The van der Waals surface area contributed by atoms with Gasteiger partial charge in [0.25, 0.3) is 0 Å². The van der Waals surface area contributed by atoms with Gasteiger partial charge in [0.1, 0.15) is 7.05 Å². The third kappa shape index (κ3) is 7.54. The van der Waals surface area contributed by atoms with Crippen molar-refractivity contribution in [3.63, 3.8) is 0 Å². The van der Waals surface area contributed by atoms with Crippen molar-refractivity contribution in [2.45, 2.75) is 6.92 Å². The molecule has 2 rings (SSSR count). The van der Waals surface area contributed by atoms with E-state index in [2.05, 4.69) is 86.2 Å². The number of nitrogens with zero attached hydrogens (tertiary/aromatic N) is 2. The number of hydrogen-bond acceptors (Lipinski definition) is 5. The first-order chi connectivity index (χ1) is 11.1. The lowest BCUT2D eigenvalue weighted by Gasteiger charge is -2.17. The topological polar surface area (TPSA) is 99.4 Å². The van der Waals surface area contributed by atoms with Crippen molar-refractivity contribution in [1.82, 2.24) is 0 Å². The van der Waals surface area contributed by atoms with E-state index in [-0.39, 0.29) is 0 Å². The number of anilines is 1. The lowest BCUT2D eigenvalue weighted by Crippen LogP contribution is -2.68. The van der Waals surface area contributed by atoms with Gasteiger partial charge in [0, 0.05) is 38.0 Å². The molecule has 0 aliphatic heterocycles. The third-order valence-electron chi connectivity index (χ3n) is 3.24. The minimum Gasteiger partial charge on any atom is -0.377 e. The molecule has 0 atom stereocenters. The highest BCUT2D eigenvalue weighted by Crippen LogP contribution is 2.20. The maximum absolute atomic E-state index is 8.49. The van der Waals surface area contributed by atoms with E-state index in [0.29, 0.717) is 0 Å². The van der Waals surface area contributed by atoms with Gasteiger partial charge in [-0.3, -0.25) is 0 Å². The maximum Gasteiger partial charge on any atom is 0.204 e. The van der Waals surface area contributed by atoms with Gasteiger partial charge in [-0.15, -0.1) is 10.2 Å². The van der Waals surface area contributed by atoms with Gasteiger partial charge in [0.2, 0.25) is 5.69 Å². The summed E-state index contributed by atoms with van der Waals surface area (Å²) in [6, 6.07) is 12.7. The van der Waals surface area contributed by atoms with E-state index in [9.17, 15) is 0 Å². The van der Waals surface area contributed by atoms with E-state index in [1.807, 2.05) is 6.07 Å². The molecule has 2 aromatic rings. The zero-order valence-corrected chi connectivity index (χ0v) is 14.9. The zero-order chi connectivity index (χ0) is 18.3. The van der Waals surface area contributed by atoms with Crippen LogP contribution in [0.1, 0.15) is 16.8 Å². The number of benzene rings is 1. The molecule has 1 aromatic heterocycles. The highest BCUT2D eigenvalue weighted by molar-refractivity contribution is 5.69. The van der Waals surface area contributed by atoms with Crippen LogP contribution in [0, 0.1) is 17.2 Å². The fourth-order valence-corrected chi connectivity index (χ4v) is 2.18. The quantitative estimate of drug-likeness (QED) is 0.613. The Balaban J connectivity index is 0.000000505. The van der Waals surface area contributed by atoms with Gasteiger partial charge < -0.3 is 4.90 Å². The normalized spacial score (nSPS) is 11.2. The molecular weight excluding hydrogens is 332 g/mol. The highest BCUT2D eigenvalue weighted by Gasteiger charge is 2.02. The summed E-state index contributed by atoms with van der Waals surface area (Å²) < 4.78 is 36.1. The highest BCUT2D eigenvalue weighted by atomic mass is 35.7. The Labute approximate surface area is 144 Å². The van der Waals surface area contributed by atoms with Gasteiger partial charge in [-0.05, 0) is 42.3 Å². The number of pyridine rings is 1. The van der Waals surface area contributed by atoms with E-state index >= 15 is 0 Å². The minimum absolute atomic E-state index is 1.19. The molecule has 130 valence electrons. The molecule has 24 heavy (non-hydrogen) atoms. The third-order valence-corrected chi connectivity index (χ3v) is 3.24. The molecule has 0 unspecified atom stereocenters. The SMILES string of the molecule is Cc1cc(/C=C/c2cccc[n+]2C)ccc1N(C)C.[O-][Cl+3]([O-])([O-])[O-]. The number of aromatic nitrogens is 1. The van der Waals surface area contributed by atoms with Gasteiger partial charge in [0.15, 0.2) is 6.20 Å². The van der Waals surface area contributed by atoms with E-state index < -0.39 is 10.2 Å². The molecular formula is C17H21ClN2O4. The lowest BCUT2D eigenvalue weighted by atomic mass is 10.1. The molecule has 0 aliphatic rings. The van der Waals surface area contributed by atoms with Crippen molar-refractivity contribution in [3.05, 3.63) is 59.4 Å². The summed E-state index contributed by atoms with van der Waals surface area (Å²) in [5.74, 6) is 0. The Hall–Kier alpha value is -1.96. The summed E-state index contributed by atoms with van der Waals surface area (Å²) in [6.45, 7) is 2.15. The van der Waals surface area contributed by atoms with Crippen LogP contribution in [0.2, 0.25) is 0 Å². The Bertz CT molecular complexity index is 691. The van der Waals surface area contributed by atoms with Gasteiger partial charge in [-0.1, -0.05) is 6.07 Å². The molecule has 6 nitrogen and oxygen atoms in total. The number of rotatable bonds is 3. The van der Waals surface area contributed by atoms with E-state index in [1.165, 1.54) is 22.5 Å². The molecule has 0 radical (unpaired) electrons. The van der Waals surface area contributed by atoms with E-state index in [0.717, 1.165) is 0 Å². The average Bonchev–Trinajstić information content (AvgIpc) is 2.44. The Kier molecular flexibility index (Phi) is 7.34. The smallest absolute Gasteiger partial charge is 0.204 e. The zero-order valence-electron chi connectivity index (χ0n) is 14.1. The van der Waals surface area contributed by atoms with Crippen LogP contribution in [-0.2, 0) is 7.05 Å². The van der Waals surface area contributed by atoms with Crippen molar-refractivity contribution in [2.24, 2.45) is 7.05 Å². The second-order valence-corrected chi connectivity index (χ2v) is 6.14. The lowest BCUT2D eigenvalue weighted by molar-refractivity contribution is -2.00. The molecule has 0 saturated carbocycles. The number of aryl methyl sites for hydroxylation is 2. The second-order valence-electron chi connectivity index (χ2n) is 5.39. The van der Waals surface area contributed by atoms with E-state index in [4.69, 9.17) is 18.6 Å². The number of hydrogen-bond donors (Lipinski definition) is 0. The van der Waals surface area contributed by atoms with Crippen LogP contribution in [0.4, 0.5) is 5.69 Å². The van der Waals surface area contributed by atoms with Crippen molar-refractivity contribution in [3.8, 4) is 0 Å². The van der Waals surface area contributed by atoms with E-state index in [1.54, 1.807) is 0 Å². The van der Waals surface area contributed by atoms with Gasteiger partial charge >= 0.3 is 0 Å². The van der Waals surface area contributed by atoms with Crippen LogP contribution in [0.25, 0.3) is 12.2 Å². The monoisotopic (exact) mass is 352 g/mol.